The highest BCUT2D eigenvalue weighted by atomic mass is 14.8. The number of para-hydroxylation sites is 1. The van der Waals surface area contributed by atoms with Gasteiger partial charge in [-0.3, -0.25) is 4.99 Å². The molecule has 0 saturated heterocycles. The maximum absolute atomic E-state index is 5.11. The van der Waals surface area contributed by atoms with E-state index in [1.165, 1.54) is 27.8 Å². The van der Waals surface area contributed by atoms with E-state index in [0.717, 1.165) is 12.1 Å². The summed E-state index contributed by atoms with van der Waals surface area (Å²) >= 11 is 0. The molecule has 1 heteroatoms. The molecule has 0 N–H and O–H groups in total. The Hall–Kier alpha value is -3.45. The summed E-state index contributed by atoms with van der Waals surface area (Å²) < 4.78 is 0. The molecule has 31 heavy (non-hydrogen) atoms. The third kappa shape index (κ3) is 2.73. The number of aryl methyl sites for hydroxylation is 1. The molecule has 4 aromatic carbocycles. The van der Waals surface area contributed by atoms with Crippen molar-refractivity contribution in [3.63, 3.8) is 0 Å². The summed E-state index contributed by atoms with van der Waals surface area (Å²) in [5.74, 6) is 0. The molecule has 152 valence electrons. The molecule has 0 saturated carbocycles. The maximum Gasteiger partial charge on any atom is 0.0700 e. The van der Waals surface area contributed by atoms with E-state index in [-0.39, 0.29) is 5.41 Å². The van der Waals surface area contributed by atoms with E-state index in [1.807, 2.05) is 0 Å². The van der Waals surface area contributed by atoms with Crippen molar-refractivity contribution in [1.29, 1.82) is 0 Å². The SMILES string of the molecule is CCC1(c2ccccc2)C=Nc2c(C)cccc2C1(c1ccccc1)c1ccccc1. The monoisotopic (exact) mass is 401 g/mol. The van der Waals surface area contributed by atoms with Gasteiger partial charge in [-0.05, 0) is 41.2 Å². The van der Waals surface area contributed by atoms with Gasteiger partial charge in [0.1, 0.15) is 0 Å². The molecule has 1 aliphatic rings. The molecule has 1 unspecified atom stereocenters. The van der Waals surface area contributed by atoms with Crippen molar-refractivity contribution in [2.75, 3.05) is 0 Å². The first-order valence-electron chi connectivity index (χ1n) is 11.1. The fourth-order valence-electron chi connectivity index (χ4n) is 5.60. The van der Waals surface area contributed by atoms with Gasteiger partial charge >= 0.3 is 0 Å². The van der Waals surface area contributed by atoms with Gasteiger partial charge in [-0.15, -0.1) is 0 Å². The molecule has 0 spiro atoms. The summed E-state index contributed by atoms with van der Waals surface area (Å²) in [6, 6.07) is 39.5. The number of benzene rings is 4. The highest BCUT2D eigenvalue weighted by Gasteiger charge is 2.56. The summed E-state index contributed by atoms with van der Waals surface area (Å²) in [5.41, 5.74) is 6.75. The van der Waals surface area contributed by atoms with Crippen molar-refractivity contribution in [2.45, 2.75) is 31.1 Å². The lowest BCUT2D eigenvalue weighted by Crippen LogP contribution is -2.53. The predicted molar refractivity (Wildman–Crippen MR) is 131 cm³/mol. The minimum absolute atomic E-state index is 0.322. The zero-order valence-electron chi connectivity index (χ0n) is 18.1. The zero-order valence-corrected chi connectivity index (χ0v) is 18.1. The first-order chi connectivity index (χ1) is 15.2. The molecule has 1 atom stereocenters. The van der Waals surface area contributed by atoms with Crippen molar-refractivity contribution in [3.05, 3.63) is 137 Å². The quantitative estimate of drug-likeness (QED) is 0.338. The standard InChI is InChI=1S/C30H27N/c1-3-29(24-15-7-4-8-16-24)22-31-28-23(2)14-13-21-27(28)30(29,25-17-9-5-10-18-25)26-19-11-6-12-20-26/h4-22H,3H2,1-2H3. The summed E-state index contributed by atoms with van der Waals surface area (Å²) in [5, 5.41) is 0. The maximum atomic E-state index is 5.11. The van der Waals surface area contributed by atoms with Gasteiger partial charge in [-0.1, -0.05) is 116 Å². The molecule has 4 aromatic rings. The lowest BCUT2D eigenvalue weighted by molar-refractivity contribution is 0.388. The van der Waals surface area contributed by atoms with Gasteiger partial charge in [0.05, 0.1) is 11.1 Å². The van der Waals surface area contributed by atoms with Gasteiger partial charge in [0.15, 0.2) is 0 Å². The van der Waals surface area contributed by atoms with Gasteiger partial charge in [0.25, 0.3) is 0 Å². The van der Waals surface area contributed by atoms with Crippen LogP contribution in [-0.2, 0) is 10.8 Å². The smallest absolute Gasteiger partial charge is 0.0700 e. The molecule has 5 rings (SSSR count). The van der Waals surface area contributed by atoms with Crippen LogP contribution in [0.25, 0.3) is 0 Å². The van der Waals surface area contributed by atoms with E-state index in [0.29, 0.717) is 0 Å². The third-order valence-corrected chi connectivity index (χ3v) is 6.99. The number of aliphatic imine (C=N–C) groups is 1. The molecule has 0 aromatic heterocycles. The van der Waals surface area contributed by atoms with E-state index < -0.39 is 5.41 Å². The van der Waals surface area contributed by atoms with Gasteiger partial charge < -0.3 is 0 Å². The predicted octanol–water partition coefficient (Wildman–Crippen LogP) is 7.39. The molecule has 1 aliphatic heterocycles. The van der Waals surface area contributed by atoms with Crippen LogP contribution in [0.1, 0.15) is 41.2 Å². The molecule has 0 bridgehead atoms. The van der Waals surface area contributed by atoms with Crippen molar-refractivity contribution in [2.24, 2.45) is 4.99 Å². The van der Waals surface area contributed by atoms with Gasteiger partial charge in [-0.25, -0.2) is 0 Å². The molecule has 1 nitrogen and oxygen atoms in total. The van der Waals surface area contributed by atoms with E-state index >= 15 is 0 Å². The Kier molecular flexibility index (Phi) is 4.82. The van der Waals surface area contributed by atoms with Crippen LogP contribution in [0.2, 0.25) is 0 Å². The van der Waals surface area contributed by atoms with Crippen LogP contribution in [0.5, 0.6) is 0 Å². The highest BCUT2D eigenvalue weighted by Crippen LogP contribution is 2.58. The van der Waals surface area contributed by atoms with Crippen molar-refractivity contribution >= 4 is 11.9 Å². The van der Waals surface area contributed by atoms with Crippen LogP contribution < -0.4 is 0 Å². The average Bonchev–Trinajstić information content (AvgIpc) is 2.85. The Morgan fingerprint density at radius 3 is 1.65 bits per heavy atom. The lowest BCUT2D eigenvalue weighted by atomic mass is 9.49. The van der Waals surface area contributed by atoms with E-state index in [1.54, 1.807) is 0 Å². The van der Waals surface area contributed by atoms with Crippen LogP contribution in [0, 0.1) is 6.92 Å². The molecule has 0 fully saturated rings. The van der Waals surface area contributed by atoms with Crippen molar-refractivity contribution in [1.82, 2.24) is 0 Å². The Morgan fingerprint density at radius 2 is 1.13 bits per heavy atom. The minimum Gasteiger partial charge on any atom is -0.260 e. The fourth-order valence-corrected chi connectivity index (χ4v) is 5.60. The summed E-state index contributed by atoms with van der Waals surface area (Å²) in [4.78, 5) is 5.11. The second-order valence-electron chi connectivity index (χ2n) is 8.40. The highest BCUT2D eigenvalue weighted by molar-refractivity contribution is 5.89. The Balaban J connectivity index is 2.01. The number of hydrogen-bond donors (Lipinski definition) is 0. The first kappa shape index (κ1) is 19.5. The summed E-state index contributed by atoms with van der Waals surface area (Å²) in [6.45, 7) is 4.46. The van der Waals surface area contributed by atoms with E-state index in [9.17, 15) is 0 Å². The zero-order chi connectivity index (χ0) is 21.3. The molecule has 0 amide bonds. The first-order valence-corrected chi connectivity index (χ1v) is 11.1. The molecule has 0 radical (unpaired) electrons. The van der Waals surface area contributed by atoms with Gasteiger partial charge in [-0.2, -0.15) is 0 Å². The molecular formula is C30H27N. The van der Waals surface area contributed by atoms with E-state index in [4.69, 9.17) is 4.99 Å². The summed E-state index contributed by atoms with van der Waals surface area (Å²) in [6.07, 6.45) is 3.16. The van der Waals surface area contributed by atoms with Crippen molar-refractivity contribution < 1.29 is 0 Å². The van der Waals surface area contributed by atoms with Crippen LogP contribution >= 0.6 is 0 Å². The Bertz CT molecular complexity index is 1170. The second-order valence-corrected chi connectivity index (χ2v) is 8.40. The second kappa shape index (κ2) is 7.67. The number of fused-ring (bicyclic) bond motifs is 1. The number of nitrogens with zero attached hydrogens (tertiary/aromatic N) is 1. The van der Waals surface area contributed by atoms with Crippen LogP contribution in [0.4, 0.5) is 5.69 Å². The largest absolute Gasteiger partial charge is 0.260 e. The molecular weight excluding hydrogens is 374 g/mol. The molecule has 0 aliphatic carbocycles. The average molecular weight is 402 g/mol. The number of hydrogen-bond acceptors (Lipinski definition) is 1. The van der Waals surface area contributed by atoms with Gasteiger partial charge in [0, 0.05) is 11.6 Å². The minimum atomic E-state index is -0.394. The Labute approximate surface area is 185 Å². The van der Waals surface area contributed by atoms with Crippen LogP contribution in [-0.4, -0.2) is 6.21 Å². The van der Waals surface area contributed by atoms with E-state index in [2.05, 4.69) is 129 Å². The Morgan fingerprint density at radius 1 is 0.613 bits per heavy atom. The van der Waals surface area contributed by atoms with Crippen LogP contribution in [0.3, 0.4) is 0 Å². The molecule has 1 heterocycles. The number of rotatable bonds is 4. The normalized spacial score (nSPS) is 19.0. The topological polar surface area (TPSA) is 12.4 Å². The van der Waals surface area contributed by atoms with Gasteiger partial charge in [0.2, 0.25) is 0 Å². The van der Waals surface area contributed by atoms with Crippen molar-refractivity contribution in [3.8, 4) is 0 Å². The van der Waals surface area contributed by atoms with Crippen LogP contribution in [0.15, 0.2) is 114 Å². The third-order valence-electron chi connectivity index (χ3n) is 6.99. The lowest BCUT2D eigenvalue weighted by Gasteiger charge is -2.52. The fraction of sp³-hybridized carbons (Fsp3) is 0.167. The summed E-state index contributed by atoms with van der Waals surface area (Å²) in [7, 11) is 0.